The molecule has 3 aromatic carbocycles. The van der Waals surface area contributed by atoms with Gasteiger partial charge in [-0.1, -0.05) is 90.7 Å². The Kier molecular flexibility index (Phi) is 13.8. The molecule has 10 heteroatoms. The molecule has 0 amide bonds. The van der Waals surface area contributed by atoms with Crippen LogP contribution in [0.1, 0.15) is 126 Å². The SMILES string of the molecule is CCC1=C(CC)c2nc1cc1[nH]c(c(CC)c1CC)c(Sc1ccc(N)cc1)c1nc(c(Sc3ccc(N)cc3)c3[nH]c(c(CC)c3CC)c2Sc2ccc(N)cc2)C(CC)=C1CC. The number of H-pyrrole nitrogens is 2. The van der Waals surface area contributed by atoms with Crippen LogP contribution in [-0.2, 0) is 25.7 Å². The number of aromatic amines is 2. The van der Waals surface area contributed by atoms with Gasteiger partial charge in [0.05, 0.1) is 54.0 Å². The van der Waals surface area contributed by atoms with Crippen LogP contribution in [0.3, 0.4) is 0 Å². The fourth-order valence-electron chi connectivity index (χ4n) is 9.51. The van der Waals surface area contributed by atoms with Crippen LogP contribution in [0, 0.1) is 0 Å². The zero-order valence-corrected chi connectivity index (χ0v) is 41.0. The zero-order chi connectivity index (χ0) is 45.2. The Labute approximate surface area is 391 Å². The van der Waals surface area contributed by atoms with Crippen molar-refractivity contribution in [2.24, 2.45) is 0 Å². The summed E-state index contributed by atoms with van der Waals surface area (Å²) in [5.74, 6) is 0. The number of nitrogens with one attached hydrogen (secondary N) is 2. The molecular weight excluding hydrogens is 843 g/mol. The molecular formula is C54H61N7S3. The number of rotatable bonds is 14. The largest absolute Gasteiger partial charge is 0.399 e. The van der Waals surface area contributed by atoms with E-state index in [9.17, 15) is 0 Å². The van der Waals surface area contributed by atoms with E-state index < -0.39 is 0 Å². The molecule has 0 unspecified atom stereocenters. The Morgan fingerprint density at radius 2 is 0.719 bits per heavy atom. The minimum absolute atomic E-state index is 0.742. The summed E-state index contributed by atoms with van der Waals surface area (Å²) < 4.78 is 0. The van der Waals surface area contributed by atoms with Gasteiger partial charge in [-0.15, -0.1) is 0 Å². The van der Waals surface area contributed by atoms with Crippen LogP contribution < -0.4 is 17.2 Å². The van der Waals surface area contributed by atoms with Crippen LogP contribution in [-0.4, -0.2) is 19.9 Å². The highest BCUT2D eigenvalue weighted by Crippen LogP contribution is 2.50. The summed E-state index contributed by atoms with van der Waals surface area (Å²) in [6.07, 6.45) is 6.85. The van der Waals surface area contributed by atoms with Gasteiger partial charge in [0.25, 0.3) is 0 Å². The monoisotopic (exact) mass is 903 g/mol. The van der Waals surface area contributed by atoms with Crippen LogP contribution in [0.15, 0.2) is 108 Å². The minimum atomic E-state index is 0.742. The molecule has 2 aliphatic heterocycles. The number of anilines is 3. The number of aromatic nitrogens is 4. The normalized spacial score (nSPS) is 12.8. The molecule has 8 rings (SSSR count). The molecule has 5 heterocycles. The molecule has 2 aliphatic rings. The average molecular weight is 904 g/mol. The number of aryl methyl sites for hydroxylation is 4. The van der Waals surface area contributed by atoms with Crippen molar-refractivity contribution in [2.45, 2.75) is 136 Å². The maximum absolute atomic E-state index is 6.29. The average Bonchev–Trinajstić information content (AvgIpc) is 4.07. The highest BCUT2D eigenvalue weighted by molar-refractivity contribution is 8.00. The van der Waals surface area contributed by atoms with Gasteiger partial charge >= 0.3 is 0 Å². The lowest BCUT2D eigenvalue weighted by Crippen LogP contribution is -1.92. The van der Waals surface area contributed by atoms with Crippen molar-refractivity contribution >= 4 is 96.7 Å². The lowest BCUT2D eigenvalue weighted by atomic mass is 9.98. The Morgan fingerprint density at radius 3 is 1.08 bits per heavy atom. The molecule has 0 saturated carbocycles. The summed E-state index contributed by atoms with van der Waals surface area (Å²) in [7, 11) is 0. The number of allylic oxidation sites excluding steroid dienone is 4. The number of nitrogens with two attached hydrogens (primary N) is 3. The quantitative estimate of drug-likeness (QED) is 0.0682. The molecule has 6 aromatic rings. The predicted octanol–water partition coefficient (Wildman–Crippen LogP) is 15.2. The van der Waals surface area contributed by atoms with Crippen molar-refractivity contribution in [1.29, 1.82) is 0 Å². The van der Waals surface area contributed by atoms with E-state index in [4.69, 9.17) is 27.2 Å². The second-order valence-corrected chi connectivity index (χ2v) is 19.5. The summed E-state index contributed by atoms with van der Waals surface area (Å²) >= 11 is 5.33. The first-order valence-corrected chi connectivity index (χ1v) is 25.5. The second-order valence-electron chi connectivity index (χ2n) is 16.2. The second kappa shape index (κ2) is 19.4. The first kappa shape index (κ1) is 45.3. The molecule has 7 nitrogen and oxygen atoms in total. The molecule has 0 spiro atoms. The van der Waals surface area contributed by atoms with E-state index in [0.29, 0.717) is 0 Å². The number of nitrogens with zero attached hydrogens (tertiary/aromatic N) is 2. The fourth-order valence-corrected chi connectivity index (χ4v) is 12.7. The number of hydrogen-bond acceptors (Lipinski definition) is 8. The van der Waals surface area contributed by atoms with E-state index in [1.54, 1.807) is 35.3 Å². The smallest absolute Gasteiger partial charge is 0.0833 e. The van der Waals surface area contributed by atoms with Gasteiger partial charge in [-0.2, -0.15) is 0 Å². The van der Waals surface area contributed by atoms with Gasteiger partial charge < -0.3 is 27.2 Å². The lowest BCUT2D eigenvalue weighted by molar-refractivity contribution is 1.06. The summed E-state index contributed by atoms with van der Waals surface area (Å²) in [4.78, 5) is 26.6. The summed E-state index contributed by atoms with van der Waals surface area (Å²) in [5.41, 5.74) is 40.1. The molecule has 3 aromatic heterocycles. The number of hydrogen-bond donors (Lipinski definition) is 5. The van der Waals surface area contributed by atoms with Gasteiger partial charge in [0, 0.05) is 37.3 Å². The molecule has 0 atom stereocenters. The summed E-state index contributed by atoms with van der Waals surface area (Å²) in [6, 6.07) is 27.1. The van der Waals surface area contributed by atoms with Gasteiger partial charge in [0.1, 0.15) is 0 Å². The van der Waals surface area contributed by atoms with Crippen molar-refractivity contribution in [3.05, 3.63) is 124 Å². The highest BCUT2D eigenvalue weighted by Gasteiger charge is 2.30. The van der Waals surface area contributed by atoms with Crippen LogP contribution in [0.25, 0.3) is 44.4 Å². The molecule has 8 N–H and O–H groups in total. The number of fused-ring (bicyclic) bond motifs is 8. The van der Waals surface area contributed by atoms with E-state index in [0.717, 1.165) is 143 Å². The molecule has 8 bridgehead atoms. The summed E-state index contributed by atoms with van der Waals surface area (Å²) in [5, 5.41) is 0. The molecule has 64 heavy (non-hydrogen) atoms. The fraction of sp³-hybridized carbons (Fsp3) is 0.296. The first-order chi connectivity index (χ1) is 31.1. The third kappa shape index (κ3) is 8.40. The summed E-state index contributed by atoms with van der Waals surface area (Å²) in [6.45, 7) is 18.2. The maximum Gasteiger partial charge on any atom is 0.0833 e. The van der Waals surface area contributed by atoms with Gasteiger partial charge in [-0.25, -0.2) is 9.97 Å². The Morgan fingerprint density at radius 1 is 0.391 bits per heavy atom. The molecule has 0 aliphatic carbocycles. The first-order valence-electron chi connectivity index (χ1n) is 23.0. The van der Waals surface area contributed by atoms with Crippen molar-refractivity contribution in [3.8, 4) is 0 Å². The third-order valence-electron chi connectivity index (χ3n) is 12.6. The maximum atomic E-state index is 6.29. The Balaban J connectivity index is 1.66. The van der Waals surface area contributed by atoms with E-state index in [-0.39, 0.29) is 0 Å². The van der Waals surface area contributed by atoms with Gasteiger partial charge in [-0.3, -0.25) is 0 Å². The molecule has 0 saturated heterocycles. The number of nitrogen functional groups attached to an aromatic ring is 3. The highest BCUT2D eigenvalue weighted by atomic mass is 32.2. The van der Waals surface area contributed by atoms with E-state index in [1.807, 2.05) is 36.4 Å². The van der Waals surface area contributed by atoms with Crippen molar-refractivity contribution < 1.29 is 0 Å². The van der Waals surface area contributed by atoms with Crippen molar-refractivity contribution in [3.63, 3.8) is 0 Å². The van der Waals surface area contributed by atoms with Gasteiger partial charge in [-0.05, 0) is 175 Å². The Hall–Kier alpha value is -5.29. The number of benzene rings is 3. The lowest BCUT2D eigenvalue weighted by Gasteiger charge is -2.11. The van der Waals surface area contributed by atoms with Crippen LogP contribution in [0.2, 0.25) is 0 Å². The molecule has 0 radical (unpaired) electrons. The van der Waals surface area contributed by atoms with Crippen molar-refractivity contribution in [1.82, 2.24) is 19.9 Å². The topological polar surface area (TPSA) is 135 Å². The van der Waals surface area contributed by atoms with E-state index in [2.05, 4.69) is 108 Å². The van der Waals surface area contributed by atoms with Gasteiger partial charge in [0.2, 0.25) is 0 Å². The minimum Gasteiger partial charge on any atom is -0.399 e. The predicted molar refractivity (Wildman–Crippen MR) is 278 cm³/mol. The zero-order valence-electron chi connectivity index (χ0n) is 38.5. The van der Waals surface area contributed by atoms with E-state index in [1.165, 1.54) is 44.5 Å². The third-order valence-corrected chi connectivity index (χ3v) is 15.9. The van der Waals surface area contributed by atoms with Crippen LogP contribution in [0.4, 0.5) is 17.1 Å². The van der Waals surface area contributed by atoms with Crippen LogP contribution in [0.5, 0.6) is 0 Å². The van der Waals surface area contributed by atoms with Crippen molar-refractivity contribution in [2.75, 3.05) is 17.2 Å². The Bertz CT molecular complexity index is 2910. The van der Waals surface area contributed by atoms with Crippen LogP contribution >= 0.6 is 35.3 Å². The molecule has 0 fully saturated rings. The van der Waals surface area contributed by atoms with Gasteiger partial charge in [0.15, 0.2) is 0 Å². The standard InChI is InChI=1S/C54H61N7S3/c1-9-36-38(11-3)46-52(62-33-23-17-30(55)18-24-33)48-40(13-5)42(15-7)50(60-48)54(64-35-27-21-32(57)22-28-35)51-43(16-8)41(14-6)49(61-51)53(63-34-25-19-31(56)20-26-34)47-39(12-4)37(10-2)45(59-47)29-44(36)58-46/h17-29,58,61H,9-16,55-57H2,1-8H3. The van der Waals surface area contributed by atoms with E-state index >= 15 is 0 Å². The molecule has 330 valence electrons.